The molecule has 1 aliphatic carbocycles. The van der Waals surface area contributed by atoms with Gasteiger partial charge in [0.2, 0.25) is 0 Å². The summed E-state index contributed by atoms with van der Waals surface area (Å²) in [6, 6.07) is 0. The van der Waals surface area contributed by atoms with Gasteiger partial charge in [-0.05, 0) is 39.5 Å². The van der Waals surface area contributed by atoms with E-state index in [0.29, 0.717) is 24.0 Å². The predicted molar refractivity (Wildman–Crippen MR) is 84.5 cm³/mol. The lowest BCUT2D eigenvalue weighted by Gasteiger charge is -2.21. The molecule has 2 heterocycles. The van der Waals surface area contributed by atoms with E-state index in [-0.39, 0.29) is 22.4 Å². The van der Waals surface area contributed by atoms with Crippen LogP contribution in [0, 0.1) is 0 Å². The molecule has 1 aromatic heterocycles. The Balaban J connectivity index is 2.05. The normalized spacial score (nSPS) is 21.5. The third-order valence-corrected chi connectivity index (χ3v) is 7.23. The molecule has 0 fully saturated rings. The SMILES string of the molecule is CC(C)[S+](=O)([O-])c1cscc1N1C(=O)C2=C(CCCC2)C1=O. The molecule has 5 nitrogen and oxygen atoms in total. The van der Waals surface area contributed by atoms with Gasteiger partial charge in [0.1, 0.15) is 10.9 Å². The Morgan fingerprint density at radius 2 is 1.68 bits per heavy atom. The van der Waals surface area contributed by atoms with E-state index >= 15 is 0 Å². The molecular formula is C15H17NO4S2. The number of anilines is 1. The molecule has 7 heteroatoms. The monoisotopic (exact) mass is 339 g/mol. The first kappa shape index (κ1) is 15.6. The van der Waals surface area contributed by atoms with E-state index in [9.17, 15) is 18.4 Å². The number of sulfone groups is 1. The van der Waals surface area contributed by atoms with Crippen molar-refractivity contribution in [1.82, 2.24) is 0 Å². The number of imide groups is 1. The third kappa shape index (κ3) is 2.19. The maximum Gasteiger partial charge on any atom is 0.261 e. The summed E-state index contributed by atoms with van der Waals surface area (Å²) in [6.07, 6.45) is 3.00. The lowest BCUT2D eigenvalue weighted by atomic mass is 9.93. The number of carbonyl (C=O) groups excluding carboxylic acids is 2. The van der Waals surface area contributed by atoms with Gasteiger partial charge in [-0.1, -0.05) is 0 Å². The third-order valence-electron chi connectivity index (χ3n) is 4.17. The predicted octanol–water partition coefficient (Wildman–Crippen LogP) is 2.89. The Bertz CT molecular complexity index is 704. The minimum Gasteiger partial charge on any atom is -0.610 e. The molecule has 1 unspecified atom stereocenters. The molecule has 0 N–H and O–H groups in total. The molecule has 0 aromatic carbocycles. The quantitative estimate of drug-likeness (QED) is 0.626. The van der Waals surface area contributed by atoms with Crippen LogP contribution in [0.3, 0.4) is 0 Å². The van der Waals surface area contributed by atoms with Crippen LogP contribution in [0.25, 0.3) is 0 Å². The molecule has 0 bridgehead atoms. The molecule has 0 saturated carbocycles. The molecule has 1 aliphatic heterocycles. The average molecular weight is 339 g/mol. The Hall–Kier alpha value is -1.31. The van der Waals surface area contributed by atoms with Crippen LogP contribution in [0.15, 0.2) is 26.8 Å². The molecule has 1 aromatic rings. The van der Waals surface area contributed by atoms with Crippen molar-refractivity contribution in [3.63, 3.8) is 0 Å². The highest BCUT2D eigenvalue weighted by Crippen LogP contribution is 2.41. The summed E-state index contributed by atoms with van der Waals surface area (Å²) in [5, 5.41) is 2.47. The van der Waals surface area contributed by atoms with Crippen LogP contribution in [-0.4, -0.2) is 21.6 Å². The fourth-order valence-corrected chi connectivity index (χ4v) is 5.27. The molecule has 2 amide bonds. The van der Waals surface area contributed by atoms with Gasteiger partial charge >= 0.3 is 0 Å². The number of amides is 2. The highest BCUT2D eigenvalue weighted by Gasteiger charge is 2.43. The van der Waals surface area contributed by atoms with Crippen molar-refractivity contribution < 1.29 is 18.4 Å². The summed E-state index contributed by atoms with van der Waals surface area (Å²) >= 11 is 1.19. The second kappa shape index (κ2) is 5.40. The molecule has 0 radical (unpaired) electrons. The fourth-order valence-electron chi connectivity index (χ4n) is 2.87. The Kier molecular flexibility index (Phi) is 3.82. The van der Waals surface area contributed by atoms with E-state index in [1.54, 1.807) is 19.2 Å². The summed E-state index contributed by atoms with van der Waals surface area (Å²) in [6.45, 7) is 3.18. The number of carbonyl (C=O) groups is 2. The minimum absolute atomic E-state index is 0.0778. The van der Waals surface area contributed by atoms with Gasteiger partial charge < -0.3 is 4.55 Å². The van der Waals surface area contributed by atoms with Crippen LogP contribution in [0.5, 0.6) is 0 Å². The number of thiophene rings is 1. The Morgan fingerprint density at radius 3 is 2.18 bits per heavy atom. The maximum atomic E-state index is 12.6. The van der Waals surface area contributed by atoms with E-state index in [0.717, 1.165) is 17.7 Å². The standard InChI is InChI=1S/C15H17NO4S2/c1-9(2)22(19,20)13-8-21-7-12(13)16-14(17)10-5-3-4-6-11(10)15(16)18/h7-9H,3-6H2,1-2H3. The van der Waals surface area contributed by atoms with Crippen molar-refractivity contribution in [3.05, 3.63) is 21.9 Å². The smallest absolute Gasteiger partial charge is 0.261 e. The molecule has 0 saturated heterocycles. The van der Waals surface area contributed by atoms with Crippen molar-refractivity contribution >= 4 is 39.1 Å². The lowest BCUT2D eigenvalue weighted by Crippen LogP contribution is -2.33. The molecule has 118 valence electrons. The zero-order valence-electron chi connectivity index (χ0n) is 12.5. The van der Waals surface area contributed by atoms with Gasteiger partial charge in [-0.25, -0.2) is 4.90 Å². The summed E-state index contributed by atoms with van der Waals surface area (Å²) in [7, 11) is -3.54. The first-order chi connectivity index (χ1) is 10.4. The summed E-state index contributed by atoms with van der Waals surface area (Å²) < 4.78 is 24.9. The van der Waals surface area contributed by atoms with E-state index in [4.69, 9.17) is 0 Å². The second-order valence-electron chi connectivity index (χ2n) is 5.82. The van der Waals surface area contributed by atoms with Crippen molar-refractivity contribution in [2.24, 2.45) is 0 Å². The van der Waals surface area contributed by atoms with Gasteiger partial charge in [0.05, 0.1) is 10.2 Å². The molecule has 3 rings (SSSR count). The van der Waals surface area contributed by atoms with Gasteiger partial charge in [0.25, 0.3) is 11.8 Å². The minimum atomic E-state index is -3.54. The average Bonchev–Trinajstić information content (AvgIpc) is 3.04. The van der Waals surface area contributed by atoms with Gasteiger partial charge in [-0.15, -0.1) is 15.5 Å². The molecule has 1 atom stereocenters. The van der Waals surface area contributed by atoms with Crippen molar-refractivity contribution in [1.29, 1.82) is 0 Å². The summed E-state index contributed by atoms with van der Waals surface area (Å²) in [5.41, 5.74) is 1.34. The molecule has 0 spiro atoms. The first-order valence-electron chi connectivity index (χ1n) is 7.26. The van der Waals surface area contributed by atoms with Crippen molar-refractivity contribution in [2.45, 2.75) is 49.7 Å². The van der Waals surface area contributed by atoms with Crippen LogP contribution in [0.1, 0.15) is 39.5 Å². The number of nitrogens with zero attached hydrogens (tertiary/aromatic N) is 1. The number of hydrogen-bond donors (Lipinski definition) is 0. The van der Waals surface area contributed by atoms with Gasteiger partial charge in [0, 0.05) is 21.9 Å². The van der Waals surface area contributed by atoms with Crippen molar-refractivity contribution in [2.75, 3.05) is 4.90 Å². The number of rotatable bonds is 3. The van der Waals surface area contributed by atoms with Gasteiger partial charge in [-0.2, -0.15) is 0 Å². The molecule has 22 heavy (non-hydrogen) atoms. The van der Waals surface area contributed by atoms with Gasteiger partial charge in [-0.3, -0.25) is 9.59 Å². The van der Waals surface area contributed by atoms with Crippen LogP contribution in [0.4, 0.5) is 5.69 Å². The fraction of sp³-hybridized carbons (Fsp3) is 0.467. The Morgan fingerprint density at radius 1 is 1.14 bits per heavy atom. The first-order valence-corrected chi connectivity index (χ1v) is 9.75. The van der Waals surface area contributed by atoms with E-state index < -0.39 is 15.5 Å². The topological polar surface area (TPSA) is 77.5 Å². The van der Waals surface area contributed by atoms with Crippen LogP contribution < -0.4 is 4.90 Å². The van der Waals surface area contributed by atoms with E-state index in [2.05, 4.69) is 0 Å². The van der Waals surface area contributed by atoms with E-state index in [1.807, 2.05) is 0 Å². The van der Waals surface area contributed by atoms with Crippen LogP contribution >= 0.6 is 11.3 Å². The Labute approximate surface area is 134 Å². The zero-order chi connectivity index (χ0) is 16.1. The second-order valence-corrected chi connectivity index (χ2v) is 9.04. The number of hydrogen-bond acceptors (Lipinski definition) is 5. The van der Waals surface area contributed by atoms with Gasteiger partial charge in [0.15, 0.2) is 4.90 Å². The highest BCUT2D eigenvalue weighted by molar-refractivity contribution is 7.98. The largest absolute Gasteiger partial charge is 0.610 e. The van der Waals surface area contributed by atoms with Crippen LogP contribution in [-0.2, 0) is 24.0 Å². The van der Waals surface area contributed by atoms with Crippen LogP contribution in [0.2, 0.25) is 0 Å². The maximum absolute atomic E-state index is 12.6. The summed E-state index contributed by atoms with van der Waals surface area (Å²) in [4.78, 5) is 26.2. The highest BCUT2D eigenvalue weighted by atomic mass is 32.3. The van der Waals surface area contributed by atoms with Crippen molar-refractivity contribution in [3.8, 4) is 0 Å². The lowest BCUT2D eigenvalue weighted by molar-refractivity contribution is -0.120. The summed E-state index contributed by atoms with van der Waals surface area (Å²) in [5.74, 6) is -0.698. The van der Waals surface area contributed by atoms with E-state index in [1.165, 1.54) is 16.7 Å². The molecular weight excluding hydrogens is 322 g/mol. The zero-order valence-corrected chi connectivity index (χ0v) is 14.1. The molecule has 2 aliphatic rings.